The van der Waals surface area contributed by atoms with E-state index >= 15 is 0 Å². The number of carbonyl (C=O) groups excluding carboxylic acids is 1. The van der Waals surface area contributed by atoms with Crippen molar-refractivity contribution in [1.82, 2.24) is 19.4 Å². The number of carbonyl (C=O) groups is 1. The van der Waals surface area contributed by atoms with E-state index in [-0.39, 0.29) is 23.0 Å². The normalized spacial score (nSPS) is 16.1. The molecule has 4 rings (SSSR count). The van der Waals surface area contributed by atoms with Gasteiger partial charge in [0.1, 0.15) is 23.6 Å². The first-order valence-corrected chi connectivity index (χ1v) is 8.85. The van der Waals surface area contributed by atoms with Gasteiger partial charge in [-0.25, -0.2) is 14.4 Å². The van der Waals surface area contributed by atoms with E-state index in [4.69, 9.17) is 11.5 Å². The molecule has 2 aromatic heterocycles. The van der Waals surface area contributed by atoms with Crippen LogP contribution >= 0.6 is 0 Å². The zero-order chi connectivity index (χ0) is 19.1. The number of halogens is 1. The number of primary amides is 1. The van der Waals surface area contributed by atoms with Crippen molar-refractivity contribution in [3.05, 3.63) is 42.1 Å². The minimum Gasteiger partial charge on any atom is -0.383 e. The summed E-state index contributed by atoms with van der Waals surface area (Å²) >= 11 is 0. The van der Waals surface area contributed by atoms with Crippen LogP contribution in [0.1, 0.15) is 29.2 Å². The van der Waals surface area contributed by atoms with Crippen molar-refractivity contribution in [2.24, 2.45) is 5.73 Å². The molecule has 1 aliphatic rings. The lowest BCUT2D eigenvalue weighted by Crippen LogP contribution is -2.31. The second-order valence-corrected chi connectivity index (χ2v) is 6.97. The highest BCUT2D eigenvalue weighted by Crippen LogP contribution is 2.37. The van der Waals surface area contributed by atoms with Crippen LogP contribution in [-0.4, -0.2) is 45.5 Å². The molecular weight excluding hydrogens is 347 g/mol. The zero-order valence-electron chi connectivity index (χ0n) is 15.0. The van der Waals surface area contributed by atoms with Gasteiger partial charge in [-0.05, 0) is 39.0 Å². The van der Waals surface area contributed by atoms with Crippen LogP contribution in [0.3, 0.4) is 0 Å². The van der Waals surface area contributed by atoms with Crippen LogP contribution in [0.4, 0.5) is 10.2 Å². The number of benzene rings is 1. The van der Waals surface area contributed by atoms with E-state index in [1.807, 2.05) is 6.20 Å². The maximum atomic E-state index is 15.0. The van der Waals surface area contributed by atoms with Gasteiger partial charge in [-0.1, -0.05) is 12.1 Å². The topological polar surface area (TPSA) is 103 Å². The molecular formula is C19H21FN6O. The summed E-state index contributed by atoms with van der Waals surface area (Å²) in [4.78, 5) is 22.3. The molecule has 0 spiro atoms. The lowest BCUT2D eigenvalue weighted by molar-refractivity contribution is 0.0996. The number of piperidine rings is 1. The first-order chi connectivity index (χ1) is 13.0. The number of nitrogens with zero attached hydrogens (tertiary/aromatic N) is 4. The number of hydrogen-bond acceptors (Lipinski definition) is 5. The van der Waals surface area contributed by atoms with E-state index in [0.29, 0.717) is 16.6 Å². The summed E-state index contributed by atoms with van der Waals surface area (Å²) < 4.78 is 17.0. The molecule has 1 amide bonds. The molecule has 27 heavy (non-hydrogen) atoms. The van der Waals surface area contributed by atoms with Gasteiger partial charge >= 0.3 is 0 Å². The molecule has 1 aromatic carbocycles. The molecule has 0 atom stereocenters. The lowest BCUT2D eigenvalue weighted by Gasteiger charge is -2.30. The Kier molecular flexibility index (Phi) is 4.27. The summed E-state index contributed by atoms with van der Waals surface area (Å²) in [6.07, 6.45) is 5.22. The maximum absolute atomic E-state index is 15.0. The molecule has 1 aliphatic heterocycles. The molecule has 140 valence electrons. The molecule has 1 fully saturated rings. The third-order valence-electron chi connectivity index (χ3n) is 5.27. The number of amides is 1. The number of rotatable bonds is 3. The van der Waals surface area contributed by atoms with Crippen LogP contribution in [0.25, 0.3) is 22.2 Å². The number of nitrogen functional groups attached to an aromatic ring is 1. The van der Waals surface area contributed by atoms with Gasteiger partial charge in [0.05, 0.1) is 10.9 Å². The number of anilines is 1. The minimum atomic E-state index is -0.808. The molecule has 0 radical (unpaired) electrons. The van der Waals surface area contributed by atoms with Crippen molar-refractivity contribution >= 4 is 22.8 Å². The van der Waals surface area contributed by atoms with Crippen molar-refractivity contribution < 1.29 is 9.18 Å². The number of likely N-dealkylation sites (tertiary alicyclic amines) is 1. The van der Waals surface area contributed by atoms with Gasteiger partial charge in [0, 0.05) is 23.4 Å². The smallest absolute Gasteiger partial charge is 0.251 e. The van der Waals surface area contributed by atoms with Crippen LogP contribution in [0.2, 0.25) is 0 Å². The molecule has 1 saturated heterocycles. The second-order valence-electron chi connectivity index (χ2n) is 6.97. The number of nitrogens with two attached hydrogens (primary N) is 2. The van der Waals surface area contributed by atoms with Gasteiger partial charge in [0.2, 0.25) is 0 Å². The van der Waals surface area contributed by atoms with E-state index in [1.54, 1.807) is 12.1 Å². The Morgan fingerprint density at radius 1 is 1.22 bits per heavy atom. The predicted octanol–water partition coefficient (Wildman–Crippen LogP) is 2.19. The Bertz CT molecular complexity index is 1020. The van der Waals surface area contributed by atoms with E-state index < -0.39 is 11.7 Å². The van der Waals surface area contributed by atoms with Crippen molar-refractivity contribution in [1.29, 1.82) is 0 Å². The number of aromatic nitrogens is 3. The molecule has 0 saturated carbocycles. The maximum Gasteiger partial charge on any atom is 0.251 e. The van der Waals surface area contributed by atoms with Crippen molar-refractivity contribution in [2.45, 2.75) is 18.9 Å². The monoisotopic (exact) mass is 368 g/mol. The third kappa shape index (κ3) is 2.91. The summed E-state index contributed by atoms with van der Waals surface area (Å²) in [5, 5.41) is 0.594. The molecule has 3 aromatic rings. The van der Waals surface area contributed by atoms with Crippen molar-refractivity contribution in [2.75, 3.05) is 25.9 Å². The fourth-order valence-corrected chi connectivity index (χ4v) is 3.79. The molecule has 0 aliphatic carbocycles. The second kappa shape index (κ2) is 6.62. The SMILES string of the molecule is CN1CCC(n2cc(-c3cccc(C(N)=O)c3F)c3c(N)ncnc32)CC1. The fourth-order valence-electron chi connectivity index (χ4n) is 3.79. The van der Waals surface area contributed by atoms with Gasteiger partial charge in [0.25, 0.3) is 5.91 Å². The Labute approximate surface area is 155 Å². The molecule has 3 heterocycles. The molecule has 0 bridgehead atoms. The Hall–Kier alpha value is -3.00. The first-order valence-electron chi connectivity index (χ1n) is 8.85. The average Bonchev–Trinajstić information content (AvgIpc) is 3.03. The van der Waals surface area contributed by atoms with Crippen LogP contribution < -0.4 is 11.5 Å². The molecule has 8 heteroatoms. The average molecular weight is 368 g/mol. The summed E-state index contributed by atoms with van der Waals surface area (Å²) in [5.74, 6) is -1.18. The highest BCUT2D eigenvalue weighted by Gasteiger charge is 2.25. The van der Waals surface area contributed by atoms with Crippen LogP contribution in [-0.2, 0) is 0 Å². The quantitative estimate of drug-likeness (QED) is 0.738. The predicted molar refractivity (Wildman–Crippen MR) is 102 cm³/mol. The number of fused-ring (bicyclic) bond motifs is 1. The third-order valence-corrected chi connectivity index (χ3v) is 5.27. The summed E-state index contributed by atoms with van der Waals surface area (Å²) in [5.41, 5.74) is 12.8. The summed E-state index contributed by atoms with van der Waals surface area (Å²) in [7, 11) is 2.10. The zero-order valence-corrected chi connectivity index (χ0v) is 15.0. The van der Waals surface area contributed by atoms with E-state index in [0.717, 1.165) is 25.9 Å². The van der Waals surface area contributed by atoms with Crippen molar-refractivity contribution in [3.8, 4) is 11.1 Å². The highest BCUT2D eigenvalue weighted by molar-refractivity contribution is 6.02. The van der Waals surface area contributed by atoms with Gasteiger partial charge in [-0.15, -0.1) is 0 Å². The Morgan fingerprint density at radius 2 is 1.96 bits per heavy atom. The highest BCUT2D eigenvalue weighted by atomic mass is 19.1. The van der Waals surface area contributed by atoms with E-state index in [2.05, 4.69) is 26.5 Å². The van der Waals surface area contributed by atoms with Gasteiger partial charge < -0.3 is 20.9 Å². The molecule has 7 nitrogen and oxygen atoms in total. The summed E-state index contributed by atoms with van der Waals surface area (Å²) in [6.45, 7) is 1.96. The molecule has 4 N–H and O–H groups in total. The Balaban J connectivity index is 1.92. The van der Waals surface area contributed by atoms with Crippen LogP contribution in [0.15, 0.2) is 30.7 Å². The lowest BCUT2D eigenvalue weighted by atomic mass is 10.0. The van der Waals surface area contributed by atoms with Crippen molar-refractivity contribution in [3.63, 3.8) is 0 Å². The van der Waals surface area contributed by atoms with E-state index in [1.165, 1.54) is 12.4 Å². The first kappa shape index (κ1) is 17.4. The van der Waals surface area contributed by atoms with Crippen LogP contribution in [0.5, 0.6) is 0 Å². The minimum absolute atomic E-state index is 0.150. The van der Waals surface area contributed by atoms with Crippen LogP contribution in [0, 0.1) is 5.82 Å². The van der Waals surface area contributed by atoms with Gasteiger partial charge in [-0.2, -0.15) is 0 Å². The summed E-state index contributed by atoms with van der Waals surface area (Å²) in [6, 6.07) is 4.84. The fraction of sp³-hybridized carbons (Fsp3) is 0.316. The van der Waals surface area contributed by atoms with E-state index in [9.17, 15) is 9.18 Å². The number of hydrogen-bond donors (Lipinski definition) is 2. The standard InChI is InChI=1S/C19H21FN6O/c1-25-7-5-11(6-8-25)26-9-14(15-17(21)23-10-24-19(15)26)12-3-2-4-13(16(12)20)18(22)27/h2-4,9-11H,5-8H2,1H3,(H2,22,27)(H2,21,23,24). The molecule has 0 unspecified atom stereocenters. The largest absolute Gasteiger partial charge is 0.383 e. The van der Waals surface area contributed by atoms with Gasteiger partial charge in [-0.3, -0.25) is 4.79 Å². The Morgan fingerprint density at radius 3 is 2.67 bits per heavy atom. The van der Waals surface area contributed by atoms with Gasteiger partial charge in [0.15, 0.2) is 0 Å².